The third-order valence-corrected chi connectivity index (χ3v) is 1.79. The molecule has 0 bridgehead atoms. The molecule has 1 aromatic carbocycles. The fraction of sp³-hybridized carbons (Fsp3) is 0.273. The molecule has 0 spiro atoms. The van der Waals surface area contributed by atoms with E-state index in [0.717, 1.165) is 12.1 Å². The normalized spacial score (nSPS) is 15.6. The van der Waals surface area contributed by atoms with Crippen molar-refractivity contribution >= 4 is 12.2 Å². The van der Waals surface area contributed by atoms with E-state index in [1.165, 1.54) is 18.2 Å². The zero-order valence-electron chi connectivity index (χ0n) is 13.1. The first kappa shape index (κ1) is 8.76. The van der Waals surface area contributed by atoms with Crippen molar-refractivity contribution in [3.8, 4) is 0 Å². The molecule has 5 N–H and O–H groups in total. The van der Waals surface area contributed by atoms with Gasteiger partial charge in [0.05, 0.1) is 5.48 Å². The molecule has 98 valence electrons. The van der Waals surface area contributed by atoms with Crippen molar-refractivity contribution in [2.75, 3.05) is 13.1 Å². The highest BCUT2D eigenvalue weighted by atomic mass is 16.6. The van der Waals surface area contributed by atoms with Crippen LogP contribution in [0, 0.1) is 0 Å². The number of hydrogen-bond donors (Lipinski definition) is 3. The van der Waals surface area contributed by atoms with E-state index in [2.05, 4.69) is 9.47 Å². The van der Waals surface area contributed by atoms with Gasteiger partial charge in [-0.25, -0.2) is 9.59 Å². The number of rotatable bonds is 5. The van der Waals surface area contributed by atoms with E-state index in [4.69, 9.17) is 17.0 Å². The SMILES string of the molecule is [2H]C([2H])(OC(N)=O)C(O)(c1ccccc1)C([2H])([2H])OC(N)=O. The summed E-state index contributed by atoms with van der Waals surface area (Å²) in [6, 6.07) is 6.52. The van der Waals surface area contributed by atoms with Crippen LogP contribution >= 0.6 is 0 Å². The van der Waals surface area contributed by atoms with Gasteiger partial charge in [0.15, 0.2) is 5.60 Å². The molecule has 0 saturated carbocycles. The second kappa shape index (κ2) is 5.87. The highest BCUT2D eigenvalue weighted by molar-refractivity contribution is 5.65. The van der Waals surface area contributed by atoms with Crippen molar-refractivity contribution in [3.05, 3.63) is 35.9 Å². The van der Waals surface area contributed by atoms with Crippen molar-refractivity contribution < 1.29 is 29.7 Å². The predicted molar refractivity (Wildman–Crippen MR) is 61.4 cm³/mol. The molecule has 1 rings (SSSR count). The molecular weight excluding hydrogens is 240 g/mol. The molecule has 0 aromatic heterocycles. The molecule has 18 heavy (non-hydrogen) atoms. The number of primary amides is 2. The second-order valence-corrected chi connectivity index (χ2v) is 3.12. The minimum absolute atomic E-state index is 0.368. The summed E-state index contributed by atoms with van der Waals surface area (Å²) < 4.78 is 39.0. The lowest BCUT2D eigenvalue weighted by atomic mass is 9.96. The molecule has 0 aliphatic rings. The maximum Gasteiger partial charge on any atom is 0.404 e. The lowest BCUT2D eigenvalue weighted by Crippen LogP contribution is -2.40. The molecular formula is C11H14N2O5. The van der Waals surface area contributed by atoms with E-state index < -0.39 is 30.9 Å². The standard InChI is InChI=1S/C11H14N2O5/c12-9(14)17-6-11(16,7-18-10(13)15)8-4-2-1-3-5-8/h1-5,16H,6-7H2,(H2,12,14)(H2,13,15)/i6D2,7D2. The number of nitrogens with two attached hydrogens (primary N) is 2. The van der Waals surface area contributed by atoms with E-state index in [0.29, 0.717) is 0 Å². The second-order valence-electron chi connectivity index (χ2n) is 3.12. The monoisotopic (exact) mass is 258 g/mol. The Kier molecular flexibility index (Phi) is 2.86. The molecule has 0 radical (unpaired) electrons. The predicted octanol–water partition coefficient (Wildman–Crippen LogP) is 0.0648. The van der Waals surface area contributed by atoms with Crippen LogP contribution in [0.4, 0.5) is 9.59 Å². The van der Waals surface area contributed by atoms with E-state index in [-0.39, 0.29) is 5.56 Å². The minimum Gasteiger partial charge on any atom is -0.446 e. The van der Waals surface area contributed by atoms with Crippen LogP contribution < -0.4 is 11.5 Å². The van der Waals surface area contributed by atoms with E-state index >= 15 is 0 Å². The molecule has 7 nitrogen and oxygen atoms in total. The Labute approximate surface area is 109 Å². The Morgan fingerprint density at radius 1 is 1.17 bits per heavy atom. The lowest BCUT2D eigenvalue weighted by Gasteiger charge is -2.26. The van der Waals surface area contributed by atoms with Gasteiger partial charge in [0.1, 0.15) is 13.1 Å². The topological polar surface area (TPSA) is 125 Å². The van der Waals surface area contributed by atoms with Gasteiger partial charge >= 0.3 is 12.2 Å². The summed E-state index contributed by atoms with van der Waals surface area (Å²) >= 11 is 0. The molecule has 7 heteroatoms. The number of benzene rings is 1. The van der Waals surface area contributed by atoms with Gasteiger partial charge in [-0.2, -0.15) is 0 Å². The summed E-state index contributed by atoms with van der Waals surface area (Å²) in [6.45, 7) is -6.75. The number of aliphatic hydroxyl groups is 1. The summed E-state index contributed by atoms with van der Waals surface area (Å²) in [5.41, 5.74) is 5.86. The summed E-state index contributed by atoms with van der Waals surface area (Å²) in [5, 5.41) is 10.6. The van der Waals surface area contributed by atoms with Gasteiger partial charge < -0.3 is 26.0 Å². The van der Waals surface area contributed by atoms with Crippen LogP contribution in [0.3, 0.4) is 0 Å². The largest absolute Gasteiger partial charge is 0.446 e. The Bertz CT molecular complexity index is 539. The summed E-state index contributed by atoms with van der Waals surface area (Å²) in [7, 11) is 0. The average molecular weight is 258 g/mol. The Morgan fingerprint density at radius 2 is 1.61 bits per heavy atom. The Morgan fingerprint density at radius 3 is 2.00 bits per heavy atom. The zero-order valence-corrected chi connectivity index (χ0v) is 9.12. The molecule has 0 atom stereocenters. The highest BCUT2D eigenvalue weighted by Crippen LogP contribution is 2.22. The van der Waals surface area contributed by atoms with Crippen LogP contribution in [0.25, 0.3) is 0 Å². The smallest absolute Gasteiger partial charge is 0.404 e. The maximum atomic E-state index is 10.8. The third kappa shape index (κ3) is 3.95. The molecule has 0 heterocycles. The van der Waals surface area contributed by atoms with Gasteiger partial charge in [-0.05, 0) is 5.56 Å². The fourth-order valence-electron chi connectivity index (χ4n) is 1.07. The number of ether oxygens (including phenoxy) is 2. The van der Waals surface area contributed by atoms with Gasteiger partial charge in [-0.3, -0.25) is 0 Å². The first-order chi connectivity index (χ1) is 9.94. The summed E-state index contributed by atoms with van der Waals surface area (Å²) in [5.74, 6) is 0. The van der Waals surface area contributed by atoms with Crippen molar-refractivity contribution in [2.45, 2.75) is 5.60 Å². The Hall–Kier alpha value is -2.28. The fourth-order valence-corrected chi connectivity index (χ4v) is 1.07. The van der Waals surface area contributed by atoms with Gasteiger partial charge in [0.2, 0.25) is 0 Å². The van der Waals surface area contributed by atoms with Crippen LogP contribution in [0.1, 0.15) is 11.0 Å². The average Bonchev–Trinajstić information content (AvgIpc) is 2.35. The van der Waals surface area contributed by atoms with Crippen LogP contribution in [-0.2, 0) is 15.1 Å². The van der Waals surface area contributed by atoms with Gasteiger partial charge in [0, 0.05) is 0 Å². The van der Waals surface area contributed by atoms with Crippen molar-refractivity contribution in [3.63, 3.8) is 0 Å². The van der Waals surface area contributed by atoms with Crippen LogP contribution in [0.5, 0.6) is 0 Å². The lowest BCUT2D eigenvalue weighted by molar-refractivity contribution is -0.0646. The van der Waals surface area contributed by atoms with Gasteiger partial charge in [0.25, 0.3) is 0 Å². The van der Waals surface area contributed by atoms with Crippen molar-refractivity contribution in [1.29, 1.82) is 0 Å². The molecule has 0 unspecified atom stereocenters. The van der Waals surface area contributed by atoms with Gasteiger partial charge in [-0.15, -0.1) is 0 Å². The minimum atomic E-state index is -3.38. The van der Waals surface area contributed by atoms with E-state index in [1.807, 2.05) is 0 Å². The highest BCUT2D eigenvalue weighted by Gasteiger charge is 2.32. The van der Waals surface area contributed by atoms with Gasteiger partial charge in [-0.1, -0.05) is 30.3 Å². The molecule has 0 saturated heterocycles. The molecule has 0 fully saturated rings. The van der Waals surface area contributed by atoms with E-state index in [9.17, 15) is 14.7 Å². The molecule has 2 amide bonds. The summed E-state index contributed by atoms with van der Waals surface area (Å²) in [4.78, 5) is 21.7. The quantitative estimate of drug-likeness (QED) is 0.688. The summed E-state index contributed by atoms with van der Waals surface area (Å²) in [6.07, 6.45) is -3.21. The van der Waals surface area contributed by atoms with Crippen molar-refractivity contribution in [2.24, 2.45) is 11.5 Å². The molecule has 0 aliphatic carbocycles. The first-order valence-corrected chi connectivity index (χ1v) is 4.69. The number of amides is 2. The zero-order chi connectivity index (χ0) is 17.2. The number of carbonyl (C=O) groups excluding carboxylic acids is 2. The van der Waals surface area contributed by atoms with Crippen LogP contribution in [-0.4, -0.2) is 30.4 Å². The van der Waals surface area contributed by atoms with Crippen LogP contribution in [0.15, 0.2) is 30.3 Å². The third-order valence-electron chi connectivity index (χ3n) is 1.79. The maximum absolute atomic E-state index is 10.8. The van der Waals surface area contributed by atoms with Crippen LogP contribution in [0.2, 0.25) is 0 Å². The van der Waals surface area contributed by atoms with E-state index in [1.54, 1.807) is 0 Å². The Balaban J connectivity index is 3.51. The number of carbonyl (C=O) groups is 2. The first-order valence-electron chi connectivity index (χ1n) is 6.69. The van der Waals surface area contributed by atoms with Crippen molar-refractivity contribution in [1.82, 2.24) is 0 Å². The molecule has 0 aliphatic heterocycles. The number of hydrogen-bond acceptors (Lipinski definition) is 5. The molecule has 1 aromatic rings.